The molecule has 0 radical (unpaired) electrons. The number of pyridine rings is 1. The van der Waals surface area contributed by atoms with E-state index in [1.54, 1.807) is 0 Å². The second kappa shape index (κ2) is 7.58. The van der Waals surface area contributed by atoms with Gasteiger partial charge in [0.1, 0.15) is 0 Å². The van der Waals surface area contributed by atoms with E-state index in [1.807, 2.05) is 25.2 Å². The molecule has 1 amide bonds. The smallest absolute Gasteiger partial charge is 0.238 e. The summed E-state index contributed by atoms with van der Waals surface area (Å²) in [5, 5.41) is 3.27. The minimum Gasteiger partial charge on any atom is -0.324 e. The molecule has 0 saturated heterocycles. The van der Waals surface area contributed by atoms with E-state index in [4.69, 9.17) is 4.98 Å². The predicted molar refractivity (Wildman–Crippen MR) is 104 cm³/mol. The van der Waals surface area contributed by atoms with Gasteiger partial charge in [-0.25, -0.2) is 0 Å². The molecule has 0 spiro atoms. The van der Waals surface area contributed by atoms with Crippen molar-refractivity contribution in [2.75, 3.05) is 18.9 Å². The largest absolute Gasteiger partial charge is 0.324 e. The van der Waals surface area contributed by atoms with Crippen LogP contribution in [0.2, 0.25) is 0 Å². The number of carbonyl (C=O) groups is 1. The van der Waals surface area contributed by atoms with Crippen molar-refractivity contribution in [1.29, 1.82) is 0 Å². The van der Waals surface area contributed by atoms with Crippen LogP contribution in [-0.4, -0.2) is 29.4 Å². The van der Waals surface area contributed by atoms with E-state index in [-0.39, 0.29) is 5.91 Å². The third kappa shape index (κ3) is 3.65. The minimum atomic E-state index is 0.0801. The minimum absolute atomic E-state index is 0.0801. The van der Waals surface area contributed by atoms with Gasteiger partial charge in [0.05, 0.1) is 12.2 Å². The Kier molecular flexibility index (Phi) is 5.02. The van der Waals surface area contributed by atoms with Gasteiger partial charge in [-0.15, -0.1) is 0 Å². The van der Waals surface area contributed by atoms with Crippen molar-refractivity contribution in [3.05, 3.63) is 58.4 Å². The van der Waals surface area contributed by atoms with Crippen molar-refractivity contribution in [2.24, 2.45) is 0 Å². The highest BCUT2D eigenvalue weighted by Crippen LogP contribution is 2.35. The molecule has 2 aliphatic rings. The molecule has 1 aromatic carbocycles. The van der Waals surface area contributed by atoms with Gasteiger partial charge >= 0.3 is 0 Å². The third-order valence-corrected chi connectivity index (χ3v) is 5.47. The average Bonchev–Trinajstić information content (AvgIpc) is 3.10. The molecule has 4 heteroatoms. The maximum atomic E-state index is 12.7. The highest BCUT2D eigenvalue weighted by Gasteiger charge is 2.25. The fourth-order valence-corrected chi connectivity index (χ4v) is 4.27. The number of anilines is 1. The Morgan fingerprint density at radius 2 is 1.65 bits per heavy atom. The lowest BCUT2D eigenvalue weighted by Crippen LogP contribution is -2.30. The van der Waals surface area contributed by atoms with Gasteiger partial charge in [-0.3, -0.25) is 14.7 Å². The SMILES string of the molecule is CN(CC(=O)Nc1c2c(nc3c1CCC3)CCCC2)Cc1ccccc1. The highest BCUT2D eigenvalue weighted by atomic mass is 16.2. The standard InChI is InChI=1S/C22H27N3O/c1-25(14-16-8-3-2-4-9-16)15-21(26)24-22-17-10-5-6-12-19(17)23-20-13-7-11-18(20)22/h2-4,8-9H,5-7,10-15H2,1H3,(H,23,24,26). The summed E-state index contributed by atoms with van der Waals surface area (Å²) in [6, 6.07) is 10.3. The van der Waals surface area contributed by atoms with Crippen LogP contribution in [0.25, 0.3) is 0 Å². The van der Waals surface area contributed by atoms with Gasteiger partial charge < -0.3 is 5.32 Å². The van der Waals surface area contributed by atoms with Crippen LogP contribution >= 0.6 is 0 Å². The normalized spacial score (nSPS) is 15.6. The van der Waals surface area contributed by atoms with E-state index in [0.717, 1.165) is 44.3 Å². The molecule has 26 heavy (non-hydrogen) atoms. The maximum absolute atomic E-state index is 12.7. The first-order valence-electron chi connectivity index (χ1n) is 9.76. The summed E-state index contributed by atoms with van der Waals surface area (Å²) in [6.45, 7) is 1.18. The molecular formula is C22H27N3O. The molecule has 0 atom stereocenters. The number of hydrogen-bond donors (Lipinski definition) is 1. The topological polar surface area (TPSA) is 45.2 Å². The van der Waals surface area contributed by atoms with E-state index >= 15 is 0 Å². The number of amides is 1. The number of fused-ring (bicyclic) bond motifs is 2. The van der Waals surface area contributed by atoms with E-state index < -0.39 is 0 Å². The molecule has 0 bridgehead atoms. The van der Waals surface area contributed by atoms with Gasteiger partial charge in [0.15, 0.2) is 0 Å². The number of hydrogen-bond acceptors (Lipinski definition) is 3. The summed E-state index contributed by atoms with van der Waals surface area (Å²) < 4.78 is 0. The van der Waals surface area contributed by atoms with Crippen molar-refractivity contribution >= 4 is 11.6 Å². The molecular weight excluding hydrogens is 322 g/mol. The molecule has 136 valence electrons. The van der Waals surface area contributed by atoms with E-state index in [2.05, 4.69) is 22.3 Å². The molecule has 1 aromatic heterocycles. The Balaban J connectivity index is 1.48. The molecule has 4 nitrogen and oxygen atoms in total. The van der Waals surface area contributed by atoms with Gasteiger partial charge in [0.25, 0.3) is 0 Å². The zero-order valence-corrected chi connectivity index (χ0v) is 15.6. The van der Waals surface area contributed by atoms with Crippen molar-refractivity contribution in [1.82, 2.24) is 9.88 Å². The van der Waals surface area contributed by atoms with E-state index in [0.29, 0.717) is 6.54 Å². The number of aromatic nitrogens is 1. The van der Waals surface area contributed by atoms with Crippen LogP contribution in [0.1, 0.15) is 47.3 Å². The lowest BCUT2D eigenvalue weighted by Gasteiger charge is -2.23. The van der Waals surface area contributed by atoms with Crippen LogP contribution in [0, 0.1) is 0 Å². The van der Waals surface area contributed by atoms with Crippen LogP contribution in [0.4, 0.5) is 5.69 Å². The van der Waals surface area contributed by atoms with Crippen molar-refractivity contribution in [3.63, 3.8) is 0 Å². The van der Waals surface area contributed by atoms with Crippen molar-refractivity contribution in [3.8, 4) is 0 Å². The Morgan fingerprint density at radius 1 is 1.00 bits per heavy atom. The molecule has 2 aliphatic carbocycles. The summed E-state index contributed by atoms with van der Waals surface area (Å²) >= 11 is 0. The van der Waals surface area contributed by atoms with Gasteiger partial charge in [-0.2, -0.15) is 0 Å². The second-order valence-electron chi connectivity index (χ2n) is 7.60. The number of nitrogens with one attached hydrogen (secondary N) is 1. The Hall–Kier alpha value is -2.20. The summed E-state index contributed by atoms with van der Waals surface area (Å²) in [4.78, 5) is 19.7. The van der Waals surface area contributed by atoms with Crippen LogP contribution in [0.3, 0.4) is 0 Å². The van der Waals surface area contributed by atoms with Gasteiger partial charge in [0.2, 0.25) is 5.91 Å². The predicted octanol–water partition coefficient (Wildman–Crippen LogP) is 3.52. The molecule has 0 unspecified atom stereocenters. The molecule has 0 saturated carbocycles. The number of nitrogens with zero attached hydrogens (tertiary/aromatic N) is 2. The fraction of sp³-hybridized carbons (Fsp3) is 0.455. The van der Waals surface area contributed by atoms with Crippen molar-refractivity contribution < 1.29 is 4.79 Å². The third-order valence-electron chi connectivity index (χ3n) is 5.47. The molecule has 1 heterocycles. The second-order valence-corrected chi connectivity index (χ2v) is 7.60. The maximum Gasteiger partial charge on any atom is 0.238 e. The Labute approximate surface area is 155 Å². The van der Waals surface area contributed by atoms with Crippen LogP contribution in [0.15, 0.2) is 30.3 Å². The number of aryl methyl sites for hydroxylation is 2. The lowest BCUT2D eigenvalue weighted by atomic mass is 9.92. The first-order valence-corrected chi connectivity index (χ1v) is 9.76. The Morgan fingerprint density at radius 3 is 2.42 bits per heavy atom. The lowest BCUT2D eigenvalue weighted by molar-refractivity contribution is -0.117. The molecule has 1 N–H and O–H groups in total. The number of carbonyl (C=O) groups excluding carboxylic acids is 1. The summed E-state index contributed by atoms with van der Waals surface area (Å²) in [6.07, 6.45) is 7.77. The average molecular weight is 349 g/mol. The number of benzene rings is 1. The monoisotopic (exact) mass is 349 g/mol. The van der Waals surface area contributed by atoms with E-state index in [9.17, 15) is 4.79 Å². The van der Waals surface area contributed by atoms with Crippen LogP contribution in [0.5, 0.6) is 0 Å². The zero-order valence-electron chi connectivity index (χ0n) is 15.6. The van der Waals surface area contributed by atoms with Gasteiger partial charge in [-0.1, -0.05) is 30.3 Å². The molecule has 2 aromatic rings. The summed E-state index contributed by atoms with van der Waals surface area (Å²) in [7, 11) is 2.00. The first kappa shape index (κ1) is 17.2. The molecule has 0 fully saturated rings. The molecule has 0 aliphatic heterocycles. The quantitative estimate of drug-likeness (QED) is 0.898. The zero-order chi connectivity index (χ0) is 17.9. The highest BCUT2D eigenvalue weighted by molar-refractivity contribution is 5.94. The first-order chi connectivity index (χ1) is 12.7. The fourth-order valence-electron chi connectivity index (χ4n) is 4.27. The van der Waals surface area contributed by atoms with Gasteiger partial charge in [-0.05, 0) is 68.7 Å². The van der Waals surface area contributed by atoms with Crippen molar-refractivity contribution in [2.45, 2.75) is 51.5 Å². The molecule has 4 rings (SSSR count). The summed E-state index contributed by atoms with van der Waals surface area (Å²) in [5.74, 6) is 0.0801. The van der Waals surface area contributed by atoms with Crippen LogP contribution in [-0.2, 0) is 37.0 Å². The van der Waals surface area contributed by atoms with Gasteiger partial charge in [0, 0.05) is 17.9 Å². The number of likely N-dealkylation sites (N-methyl/N-ethyl adjacent to an activating group) is 1. The number of rotatable bonds is 5. The summed E-state index contributed by atoms with van der Waals surface area (Å²) in [5.41, 5.74) is 7.37. The van der Waals surface area contributed by atoms with Crippen LogP contribution < -0.4 is 5.32 Å². The van der Waals surface area contributed by atoms with E-state index in [1.165, 1.54) is 40.9 Å². The Bertz CT molecular complexity index is 801.